The zero-order chi connectivity index (χ0) is 23.0. The number of aliphatic hydroxyl groups excluding tert-OH is 1. The molecule has 0 aromatic heterocycles. The van der Waals surface area contributed by atoms with Gasteiger partial charge in [0.15, 0.2) is 5.54 Å². The topological polar surface area (TPSA) is 111 Å². The number of hydrogen-bond acceptors (Lipinski definition) is 5. The Balaban J connectivity index is 1.50. The summed E-state index contributed by atoms with van der Waals surface area (Å²) in [7, 11) is 0. The van der Waals surface area contributed by atoms with Gasteiger partial charge in [-0.3, -0.25) is 10.1 Å². The van der Waals surface area contributed by atoms with Gasteiger partial charge in [-0.05, 0) is 55.9 Å². The summed E-state index contributed by atoms with van der Waals surface area (Å²) >= 11 is 6.67. The summed E-state index contributed by atoms with van der Waals surface area (Å²) in [4.78, 5) is 25.4. The maximum absolute atomic E-state index is 13.5. The molecule has 0 spiro atoms. The first-order chi connectivity index (χ1) is 15.3. The van der Waals surface area contributed by atoms with Gasteiger partial charge in [0.1, 0.15) is 12.1 Å². The van der Waals surface area contributed by atoms with E-state index in [1.165, 1.54) is 17.7 Å². The van der Waals surface area contributed by atoms with Gasteiger partial charge in [0.05, 0.1) is 5.03 Å². The van der Waals surface area contributed by atoms with Crippen LogP contribution in [-0.2, 0) is 9.59 Å². The summed E-state index contributed by atoms with van der Waals surface area (Å²) < 4.78 is 13.5. The molecule has 0 bridgehead atoms. The highest BCUT2D eigenvalue weighted by atomic mass is 35.5. The van der Waals surface area contributed by atoms with Crippen molar-refractivity contribution in [2.45, 2.75) is 56.8 Å². The lowest BCUT2D eigenvalue weighted by atomic mass is 9.79. The zero-order valence-corrected chi connectivity index (χ0v) is 18.7. The molecule has 9 heteroatoms. The Bertz CT molecular complexity index is 944. The van der Waals surface area contributed by atoms with Crippen molar-refractivity contribution < 1.29 is 24.2 Å². The van der Waals surface area contributed by atoms with Crippen LogP contribution in [0.5, 0.6) is 0 Å². The summed E-state index contributed by atoms with van der Waals surface area (Å²) in [6.07, 6.45) is 5.87. The molecular weight excluding hydrogens is 437 g/mol. The van der Waals surface area contributed by atoms with Crippen molar-refractivity contribution in [3.63, 3.8) is 0 Å². The van der Waals surface area contributed by atoms with Crippen molar-refractivity contribution in [3.8, 4) is 0 Å². The number of aliphatic carboxylic acids is 1. The predicted molar refractivity (Wildman–Crippen MR) is 118 cm³/mol. The Kier molecular flexibility index (Phi) is 6.58. The number of carbonyl (C=O) groups is 2. The molecule has 1 fully saturated rings. The molecule has 174 valence electrons. The number of carbonyl (C=O) groups excluding carboxylic acids is 1. The number of aliphatic hydroxyl groups is 1. The second kappa shape index (κ2) is 9.09. The average molecular weight is 466 g/mol. The van der Waals surface area contributed by atoms with E-state index in [-0.39, 0.29) is 12.3 Å². The predicted octanol–water partition coefficient (Wildman–Crippen LogP) is 2.25. The lowest BCUT2D eigenvalue weighted by Gasteiger charge is -2.32. The maximum Gasteiger partial charge on any atom is 0.331 e. The van der Waals surface area contributed by atoms with Crippen LogP contribution in [0.1, 0.15) is 39.0 Å². The molecule has 1 amide bonds. The molecule has 1 aliphatic heterocycles. The average Bonchev–Trinajstić information content (AvgIpc) is 3.46. The molecule has 0 aromatic carbocycles. The third kappa shape index (κ3) is 4.29. The Labute approximate surface area is 191 Å². The smallest absolute Gasteiger partial charge is 0.331 e. The molecule has 0 saturated heterocycles. The molecule has 7 nitrogen and oxygen atoms in total. The van der Waals surface area contributed by atoms with Gasteiger partial charge in [0.2, 0.25) is 5.91 Å². The first kappa shape index (κ1) is 23.2. The molecule has 5 unspecified atom stereocenters. The second-order valence-corrected chi connectivity index (χ2v) is 9.38. The summed E-state index contributed by atoms with van der Waals surface area (Å²) in [6, 6.07) is -0.669. The summed E-state index contributed by atoms with van der Waals surface area (Å²) in [5, 5.41) is 29.6. The highest BCUT2D eigenvalue weighted by Gasteiger charge is 2.63. The molecule has 4 aliphatic rings. The molecule has 0 radical (unpaired) electrons. The Morgan fingerprint density at radius 3 is 2.91 bits per heavy atom. The van der Waals surface area contributed by atoms with E-state index in [2.05, 4.69) is 16.0 Å². The van der Waals surface area contributed by atoms with E-state index in [1.807, 2.05) is 6.92 Å². The zero-order valence-electron chi connectivity index (χ0n) is 18.0. The normalized spacial score (nSPS) is 32.9. The summed E-state index contributed by atoms with van der Waals surface area (Å²) in [6.45, 7) is 3.53. The SMILES string of the molecule is CCC1CC2=C(CCNC2)C(Cl)=C1C(=O)NC1(C(=O)O)CC1NC(O)C1C=C(F)C=CC1. The van der Waals surface area contributed by atoms with E-state index >= 15 is 0 Å². The summed E-state index contributed by atoms with van der Waals surface area (Å²) in [5.74, 6) is -2.67. The molecule has 5 N–H and O–H groups in total. The lowest BCUT2D eigenvalue weighted by molar-refractivity contribution is -0.143. The van der Waals surface area contributed by atoms with Gasteiger partial charge in [-0.1, -0.05) is 30.2 Å². The number of amides is 1. The van der Waals surface area contributed by atoms with Crippen LogP contribution in [0.4, 0.5) is 4.39 Å². The summed E-state index contributed by atoms with van der Waals surface area (Å²) in [5.41, 5.74) is 1.12. The minimum atomic E-state index is -1.53. The van der Waals surface area contributed by atoms with E-state index < -0.39 is 41.4 Å². The third-order valence-electron chi connectivity index (χ3n) is 6.97. The van der Waals surface area contributed by atoms with E-state index in [4.69, 9.17) is 11.6 Å². The van der Waals surface area contributed by atoms with Crippen LogP contribution in [0.3, 0.4) is 0 Å². The van der Waals surface area contributed by atoms with Gasteiger partial charge < -0.3 is 20.8 Å². The fraction of sp³-hybridized carbons (Fsp3) is 0.565. The minimum absolute atomic E-state index is 0.0788. The van der Waals surface area contributed by atoms with Gasteiger partial charge >= 0.3 is 5.97 Å². The quantitative estimate of drug-likeness (QED) is 0.369. The Morgan fingerprint density at radius 2 is 2.22 bits per heavy atom. The van der Waals surface area contributed by atoms with Crippen LogP contribution < -0.4 is 16.0 Å². The van der Waals surface area contributed by atoms with Crippen LogP contribution in [-0.4, -0.2) is 53.0 Å². The standard InChI is InChI=1S/C23H29ClFN3O4/c1-2-12-8-14-11-26-7-6-16(14)19(24)18(12)21(30)28-23(22(31)32)10-17(23)27-20(29)13-4-3-5-15(25)9-13/h3,5,9,12-13,17,20,26-27,29H,2,4,6-8,10-11H2,1H3,(H,28,30)(H,31,32). The maximum atomic E-state index is 13.5. The highest BCUT2D eigenvalue weighted by Crippen LogP contribution is 2.43. The fourth-order valence-corrected chi connectivity index (χ4v) is 5.42. The highest BCUT2D eigenvalue weighted by molar-refractivity contribution is 6.34. The van der Waals surface area contributed by atoms with Crippen LogP contribution in [0, 0.1) is 11.8 Å². The largest absolute Gasteiger partial charge is 0.479 e. The van der Waals surface area contributed by atoms with Crippen molar-refractivity contribution in [3.05, 3.63) is 45.8 Å². The van der Waals surface area contributed by atoms with Crippen molar-refractivity contribution in [2.24, 2.45) is 11.8 Å². The fourth-order valence-electron chi connectivity index (χ4n) is 4.95. The molecule has 32 heavy (non-hydrogen) atoms. The van der Waals surface area contributed by atoms with E-state index in [0.29, 0.717) is 23.4 Å². The second-order valence-electron chi connectivity index (χ2n) is 9.00. The third-order valence-corrected chi connectivity index (χ3v) is 7.40. The number of nitrogens with one attached hydrogen (secondary N) is 3. The Hall–Kier alpha value is -2.00. The van der Waals surface area contributed by atoms with Gasteiger partial charge in [-0.15, -0.1) is 0 Å². The van der Waals surface area contributed by atoms with Crippen molar-refractivity contribution in [1.82, 2.24) is 16.0 Å². The number of carboxylic acids is 1. The minimum Gasteiger partial charge on any atom is -0.479 e. The number of allylic oxidation sites excluding steroid dienone is 4. The van der Waals surface area contributed by atoms with Gasteiger partial charge in [0.25, 0.3) is 0 Å². The van der Waals surface area contributed by atoms with Crippen LogP contribution in [0.25, 0.3) is 0 Å². The first-order valence-electron chi connectivity index (χ1n) is 11.1. The monoisotopic (exact) mass is 465 g/mol. The van der Waals surface area contributed by atoms with Crippen molar-refractivity contribution in [2.75, 3.05) is 13.1 Å². The van der Waals surface area contributed by atoms with E-state index in [9.17, 15) is 24.2 Å². The molecular formula is C23H29ClFN3O4. The van der Waals surface area contributed by atoms with Crippen LogP contribution in [0.15, 0.2) is 45.8 Å². The molecule has 4 rings (SSSR count). The lowest BCUT2D eigenvalue weighted by Crippen LogP contribution is -2.52. The number of hydrogen-bond donors (Lipinski definition) is 5. The van der Waals surface area contributed by atoms with Crippen molar-refractivity contribution in [1.29, 1.82) is 0 Å². The molecule has 1 heterocycles. The number of rotatable bonds is 7. The molecule has 3 aliphatic carbocycles. The van der Waals surface area contributed by atoms with Crippen LogP contribution >= 0.6 is 11.6 Å². The first-order valence-corrected chi connectivity index (χ1v) is 11.5. The molecule has 1 saturated carbocycles. The van der Waals surface area contributed by atoms with E-state index in [0.717, 1.165) is 31.5 Å². The van der Waals surface area contributed by atoms with Crippen molar-refractivity contribution >= 4 is 23.5 Å². The van der Waals surface area contributed by atoms with Gasteiger partial charge in [-0.2, -0.15) is 0 Å². The van der Waals surface area contributed by atoms with Gasteiger partial charge in [-0.25, -0.2) is 9.18 Å². The van der Waals surface area contributed by atoms with Gasteiger partial charge in [0, 0.05) is 30.5 Å². The number of carboxylic acid groups (broad SMARTS) is 1. The molecule has 0 aromatic rings. The number of halogens is 2. The van der Waals surface area contributed by atoms with E-state index in [1.54, 1.807) is 6.08 Å². The Morgan fingerprint density at radius 1 is 1.44 bits per heavy atom. The molecule has 5 atom stereocenters. The van der Waals surface area contributed by atoms with Crippen LogP contribution in [0.2, 0.25) is 0 Å².